The largest absolute Gasteiger partial charge is 0.573 e. The van der Waals surface area contributed by atoms with E-state index in [0.29, 0.717) is 12.0 Å². The summed E-state index contributed by atoms with van der Waals surface area (Å²) < 4.78 is 41.4. The third-order valence-electron chi connectivity index (χ3n) is 3.91. The zero-order valence-corrected chi connectivity index (χ0v) is 12.2. The average Bonchev–Trinajstić information content (AvgIpc) is 2.80. The van der Waals surface area contributed by atoms with Crippen molar-refractivity contribution in [2.24, 2.45) is 0 Å². The van der Waals surface area contributed by atoms with E-state index < -0.39 is 12.5 Å². The number of fused-ring (bicyclic) bond motifs is 1. The Hall–Kier alpha value is -2.05. The first-order valence-electron chi connectivity index (χ1n) is 7.27. The van der Waals surface area contributed by atoms with E-state index in [1.54, 1.807) is 12.1 Å². The summed E-state index contributed by atoms with van der Waals surface area (Å²) >= 11 is 0. The van der Waals surface area contributed by atoms with Crippen LogP contribution in [0.25, 0.3) is 0 Å². The molecule has 0 heterocycles. The minimum Gasteiger partial charge on any atom is -0.405 e. The highest BCUT2D eigenvalue weighted by atomic mass is 19.4. The molecule has 3 nitrogen and oxygen atoms in total. The van der Waals surface area contributed by atoms with Crippen molar-refractivity contribution in [1.82, 2.24) is 5.32 Å². The molecule has 122 valence electrons. The van der Waals surface area contributed by atoms with E-state index in [0.717, 1.165) is 11.1 Å². The fourth-order valence-electron chi connectivity index (χ4n) is 2.91. The first kappa shape index (κ1) is 15.8. The van der Waals surface area contributed by atoms with Crippen LogP contribution in [0.1, 0.15) is 22.7 Å². The van der Waals surface area contributed by atoms with Gasteiger partial charge < -0.3 is 15.2 Å². The molecule has 0 amide bonds. The summed E-state index contributed by atoms with van der Waals surface area (Å²) in [6, 6.07) is 13.3. The molecule has 0 radical (unpaired) electrons. The number of rotatable bonds is 4. The predicted molar refractivity (Wildman–Crippen MR) is 78.9 cm³/mol. The summed E-state index contributed by atoms with van der Waals surface area (Å²) in [5, 5.41) is 13.3. The highest BCUT2D eigenvalue weighted by Gasteiger charge is 2.33. The van der Waals surface area contributed by atoms with Gasteiger partial charge in [0.05, 0.1) is 12.1 Å². The number of hydrogen-bond donors (Lipinski definition) is 2. The Kier molecular flexibility index (Phi) is 4.28. The minimum atomic E-state index is -4.73. The molecule has 0 fully saturated rings. The molecule has 6 heteroatoms. The average molecular weight is 323 g/mol. The zero-order chi connectivity index (χ0) is 16.4. The predicted octanol–water partition coefficient (Wildman–Crippen LogP) is 3.33. The lowest BCUT2D eigenvalue weighted by atomic mass is 10.1. The van der Waals surface area contributed by atoms with E-state index in [9.17, 15) is 18.3 Å². The van der Waals surface area contributed by atoms with Crippen molar-refractivity contribution in [2.75, 3.05) is 0 Å². The maximum atomic E-state index is 12.4. The van der Waals surface area contributed by atoms with Crippen LogP contribution in [0, 0.1) is 0 Å². The topological polar surface area (TPSA) is 41.5 Å². The molecular weight excluding hydrogens is 307 g/mol. The lowest BCUT2D eigenvalue weighted by molar-refractivity contribution is -0.274. The number of ether oxygens (including phenoxy) is 1. The molecule has 0 spiro atoms. The second kappa shape index (κ2) is 6.22. The molecule has 1 aliphatic carbocycles. The van der Waals surface area contributed by atoms with Gasteiger partial charge in [-0.25, -0.2) is 0 Å². The monoisotopic (exact) mass is 323 g/mol. The molecule has 23 heavy (non-hydrogen) atoms. The van der Waals surface area contributed by atoms with Gasteiger partial charge in [0.2, 0.25) is 0 Å². The van der Waals surface area contributed by atoms with Crippen molar-refractivity contribution >= 4 is 0 Å². The van der Waals surface area contributed by atoms with Gasteiger partial charge in [0.25, 0.3) is 0 Å². The lowest BCUT2D eigenvalue weighted by Gasteiger charge is -2.19. The van der Waals surface area contributed by atoms with E-state index >= 15 is 0 Å². The van der Waals surface area contributed by atoms with E-state index in [-0.39, 0.29) is 18.3 Å². The van der Waals surface area contributed by atoms with Crippen LogP contribution in [0.3, 0.4) is 0 Å². The molecule has 2 aromatic rings. The highest BCUT2D eigenvalue weighted by molar-refractivity contribution is 5.37. The molecule has 0 saturated carbocycles. The number of halogens is 3. The SMILES string of the molecule is O[C@H]1Cc2ccccc2[C@H]1NCc1ccccc1OC(F)(F)F. The molecule has 0 saturated heterocycles. The van der Waals surface area contributed by atoms with Gasteiger partial charge in [-0.2, -0.15) is 0 Å². The van der Waals surface area contributed by atoms with E-state index in [1.165, 1.54) is 12.1 Å². The number of hydrogen-bond acceptors (Lipinski definition) is 3. The fourth-order valence-corrected chi connectivity index (χ4v) is 2.91. The third kappa shape index (κ3) is 3.65. The standard InChI is InChI=1S/C17H16F3NO2/c18-17(19,20)23-15-8-4-2-6-12(15)10-21-16-13-7-3-1-5-11(13)9-14(16)22/h1-8,14,16,21-22H,9-10H2/t14-,16+/m0/s1. The van der Waals surface area contributed by atoms with Gasteiger partial charge in [0.1, 0.15) is 5.75 Å². The van der Waals surface area contributed by atoms with Crippen LogP contribution >= 0.6 is 0 Å². The second-order valence-corrected chi connectivity index (χ2v) is 5.48. The first-order valence-corrected chi connectivity index (χ1v) is 7.27. The molecule has 0 bridgehead atoms. The Morgan fingerprint density at radius 2 is 1.78 bits per heavy atom. The van der Waals surface area contributed by atoms with E-state index in [4.69, 9.17) is 0 Å². The fraction of sp³-hybridized carbons (Fsp3) is 0.294. The Morgan fingerprint density at radius 3 is 2.57 bits per heavy atom. The Balaban J connectivity index is 1.74. The van der Waals surface area contributed by atoms with Crippen LogP contribution in [0.5, 0.6) is 5.75 Å². The molecule has 0 unspecified atom stereocenters. The van der Waals surface area contributed by atoms with Gasteiger partial charge in [0.15, 0.2) is 0 Å². The maximum absolute atomic E-state index is 12.4. The molecule has 1 aliphatic rings. The van der Waals surface area contributed by atoms with E-state index in [2.05, 4.69) is 10.1 Å². The first-order chi connectivity index (χ1) is 10.9. The van der Waals surface area contributed by atoms with Crippen molar-refractivity contribution in [3.8, 4) is 5.75 Å². The molecule has 3 rings (SSSR count). The van der Waals surface area contributed by atoms with Gasteiger partial charge >= 0.3 is 6.36 Å². The summed E-state index contributed by atoms with van der Waals surface area (Å²) in [5.41, 5.74) is 2.42. The zero-order valence-electron chi connectivity index (χ0n) is 12.2. The van der Waals surface area contributed by atoms with E-state index in [1.807, 2.05) is 24.3 Å². The smallest absolute Gasteiger partial charge is 0.405 e. The lowest BCUT2D eigenvalue weighted by Crippen LogP contribution is -2.29. The summed E-state index contributed by atoms with van der Waals surface area (Å²) in [6.45, 7) is 0.169. The molecular formula is C17H16F3NO2. The summed E-state index contributed by atoms with van der Waals surface area (Å²) in [7, 11) is 0. The Bertz CT molecular complexity index is 688. The molecule has 2 atom stereocenters. The van der Waals surface area contributed by atoms with Crippen LogP contribution in [0.2, 0.25) is 0 Å². The number of aliphatic hydroxyl groups is 1. The van der Waals surface area contributed by atoms with Gasteiger partial charge in [-0.3, -0.25) is 0 Å². The molecule has 0 aromatic heterocycles. The number of nitrogens with one attached hydrogen (secondary N) is 1. The van der Waals surface area contributed by atoms with Crippen LogP contribution < -0.4 is 10.1 Å². The van der Waals surface area contributed by atoms with Crippen LogP contribution in [-0.2, 0) is 13.0 Å². The third-order valence-corrected chi connectivity index (χ3v) is 3.91. The van der Waals surface area contributed by atoms with Gasteiger partial charge in [-0.05, 0) is 17.2 Å². The van der Waals surface area contributed by atoms with Gasteiger partial charge in [-0.1, -0.05) is 42.5 Å². The van der Waals surface area contributed by atoms with Crippen LogP contribution in [-0.4, -0.2) is 17.6 Å². The second-order valence-electron chi connectivity index (χ2n) is 5.48. The minimum absolute atomic E-state index is 0.169. The highest BCUT2D eigenvalue weighted by Crippen LogP contribution is 2.32. The normalized spacial score (nSPS) is 20.3. The van der Waals surface area contributed by atoms with Gasteiger partial charge in [0, 0.05) is 18.5 Å². The van der Waals surface area contributed by atoms with Crippen molar-refractivity contribution in [3.05, 3.63) is 65.2 Å². The molecule has 2 N–H and O–H groups in total. The molecule has 2 aromatic carbocycles. The van der Waals surface area contributed by atoms with Gasteiger partial charge in [-0.15, -0.1) is 13.2 Å². The number of alkyl halides is 3. The molecule has 0 aliphatic heterocycles. The number of para-hydroxylation sites is 1. The van der Waals surface area contributed by atoms with Crippen molar-refractivity contribution in [3.63, 3.8) is 0 Å². The van der Waals surface area contributed by atoms with Crippen LogP contribution in [0.15, 0.2) is 48.5 Å². The summed E-state index contributed by atoms with van der Waals surface area (Å²) in [6.07, 6.45) is -4.78. The number of aliphatic hydroxyl groups excluding tert-OH is 1. The van der Waals surface area contributed by atoms with Crippen molar-refractivity contribution < 1.29 is 23.0 Å². The van der Waals surface area contributed by atoms with Crippen molar-refractivity contribution in [1.29, 1.82) is 0 Å². The Morgan fingerprint density at radius 1 is 1.09 bits per heavy atom. The number of benzene rings is 2. The van der Waals surface area contributed by atoms with Crippen molar-refractivity contribution in [2.45, 2.75) is 31.5 Å². The Labute approximate surface area is 131 Å². The maximum Gasteiger partial charge on any atom is 0.573 e. The van der Waals surface area contributed by atoms with Crippen LogP contribution in [0.4, 0.5) is 13.2 Å². The summed E-state index contributed by atoms with van der Waals surface area (Å²) in [4.78, 5) is 0. The summed E-state index contributed by atoms with van der Waals surface area (Å²) in [5.74, 6) is -0.228. The quantitative estimate of drug-likeness (QED) is 0.907.